The number of benzene rings is 3. The van der Waals surface area contributed by atoms with Crippen molar-refractivity contribution in [1.82, 2.24) is 10.3 Å². The molecule has 0 aliphatic heterocycles. The highest BCUT2D eigenvalue weighted by atomic mass is 16.5. The molecule has 9 nitrogen and oxygen atoms in total. The normalized spacial score (nSPS) is 11.7. The molecule has 0 unspecified atom stereocenters. The molecule has 4 aromatic rings. The lowest BCUT2D eigenvalue weighted by Gasteiger charge is -2.23. The van der Waals surface area contributed by atoms with Crippen molar-refractivity contribution in [2.45, 2.75) is 46.4 Å². The molecule has 4 rings (SSSR count). The number of carbonyl (C=O) groups excluding carboxylic acids is 2. The van der Waals surface area contributed by atoms with Crippen LogP contribution < -0.4 is 30.7 Å². The number of nitrogens with two attached hydrogens (primary N) is 1. The third kappa shape index (κ3) is 7.25. The zero-order valence-corrected chi connectivity index (χ0v) is 24.1. The van der Waals surface area contributed by atoms with E-state index in [0.717, 1.165) is 27.7 Å². The van der Waals surface area contributed by atoms with Crippen LogP contribution in [0.1, 0.15) is 44.9 Å². The van der Waals surface area contributed by atoms with Gasteiger partial charge in [-0.05, 0) is 85.8 Å². The second-order valence-electron chi connectivity index (χ2n) is 9.98. The molecule has 0 spiro atoms. The van der Waals surface area contributed by atoms with Crippen LogP contribution in [0.2, 0.25) is 0 Å². The maximum Gasteiger partial charge on any atom is 0.247 e. The van der Waals surface area contributed by atoms with Gasteiger partial charge in [-0.15, -0.1) is 0 Å². The van der Waals surface area contributed by atoms with Crippen LogP contribution in [0.15, 0.2) is 72.9 Å². The smallest absolute Gasteiger partial charge is 0.247 e. The summed E-state index contributed by atoms with van der Waals surface area (Å²) in [5.41, 5.74) is 9.12. The first-order valence-corrected chi connectivity index (χ1v) is 13.6. The lowest BCUT2D eigenvalue weighted by Crippen LogP contribution is -2.33. The third-order valence-corrected chi connectivity index (χ3v) is 6.57. The second kappa shape index (κ2) is 13.0. The molecule has 0 saturated carbocycles. The minimum Gasteiger partial charge on any atom is -0.490 e. The summed E-state index contributed by atoms with van der Waals surface area (Å²) < 4.78 is 11.8. The molecule has 1 aromatic heterocycles. The van der Waals surface area contributed by atoms with E-state index in [4.69, 9.17) is 15.2 Å². The third-order valence-electron chi connectivity index (χ3n) is 6.57. The van der Waals surface area contributed by atoms with Crippen molar-refractivity contribution in [2.75, 3.05) is 29.6 Å². The van der Waals surface area contributed by atoms with Gasteiger partial charge < -0.3 is 30.7 Å². The fourth-order valence-corrected chi connectivity index (χ4v) is 4.43. The van der Waals surface area contributed by atoms with Crippen molar-refractivity contribution in [3.8, 4) is 11.5 Å². The summed E-state index contributed by atoms with van der Waals surface area (Å²) in [6.45, 7) is 8.05. The van der Waals surface area contributed by atoms with Gasteiger partial charge in [0.1, 0.15) is 11.9 Å². The molecule has 0 aliphatic rings. The van der Waals surface area contributed by atoms with Crippen LogP contribution in [0.5, 0.6) is 11.5 Å². The number of nitrogens with zero attached hydrogens (tertiary/aromatic N) is 2. The lowest BCUT2D eigenvalue weighted by atomic mass is 10.0. The van der Waals surface area contributed by atoms with Crippen molar-refractivity contribution < 1.29 is 19.1 Å². The number of amides is 2. The average Bonchev–Trinajstić information content (AvgIpc) is 2.95. The van der Waals surface area contributed by atoms with Gasteiger partial charge in [0.25, 0.3) is 0 Å². The van der Waals surface area contributed by atoms with Crippen LogP contribution in [0.3, 0.4) is 0 Å². The minimum atomic E-state index is -0.748. The van der Waals surface area contributed by atoms with Crippen molar-refractivity contribution in [3.63, 3.8) is 0 Å². The van der Waals surface area contributed by atoms with Gasteiger partial charge in [0.05, 0.1) is 12.7 Å². The number of pyridine rings is 1. The quantitative estimate of drug-likeness (QED) is 0.225. The van der Waals surface area contributed by atoms with Crippen LogP contribution in [0, 0.1) is 0 Å². The Morgan fingerprint density at radius 2 is 1.83 bits per heavy atom. The van der Waals surface area contributed by atoms with E-state index in [1.807, 2.05) is 87.5 Å². The van der Waals surface area contributed by atoms with E-state index in [-0.39, 0.29) is 24.5 Å². The topological polar surface area (TPSA) is 119 Å². The Labute approximate surface area is 240 Å². The number of nitrogen functional groups attached to an aromatic ring is 1. The van der Waals surface area contributed by atoms with Gasteiger partial charge in [-0.2, -0.15) is 0 Å². The fraction of sp³-hybridized carbons (Fsp3) is 0.281. The van der Waals surface area contributed by atoms with Crippen molar-refractivity contribution in [1.29, 1.82) is 0 Å². The first kappa shape index (κ1) is 29.2. The van der Waals surface area contributed by atoms with Crippen molar-refractivity contribution >= 4 is 39.8 Å². The molecule has 0 saturated heterocycles. The van der Waals surface area contributed by atoms with E-state index in [9.17, 15) is 9.59 Å². The number of ether oxygens (including phenoxy) is 2. The van der Waals surface area contributed by atoms with Gasteiger partial charge in [-0.1, -0.05) is 18.2 Å². The molecule has 4 N–H and O–H groups in total. The van der Waals surface area contributed by atoms with E-state index in [1.54, 1.807) is 18.1 Å². The van der Waals surface area contributed by atoms with Crippen LogP contribution in [0.4, 0.5) is 17.2 Å². The van der Waals surface area contributed by atoms with Gasteiger partial charge in [0.15, 0.2) is 11.5 Å². The predicted octanol–water partition coefficient (Wildman–Crippen LogP) is 5.46. The highest BCUT2D eigenvalue weighted by Gasteiger charge is 2.23. The Balaban J connectivity index is 1.65. The molecular weight excluding hydrogens is 518 g/mol. The number of anilines is 3. The molecule has 2 amide bonds. The van der Waals surface area contributed by atoms with E-state index in [1.165, 1.54) is 6.92 Å². The SMILES string of the molecule is CCOc1cc([C@@H](Nc2ccc3c(N)nccc3c2)C(=O)NCc2cccc(N(C)C(C)=O)c2)ccc1OC(C)C. The molecule has 3 aromatic carbocycles. The monoisotopic (exact) mass is 555 g/mol. The van der Waals surface area contributed by atoms with Crippen molar-refractivity contribution in [2.24, 2.45) is 0 Å². The van der Waals surface area contributed by atoms with Crippen LogP contribution in [-0.4, -0.2) is 36.6 Å². The summed E-state index contributed by atoms with van der Waals surface area (Å²) in [5, 5.41) is 8.19. The number of hydrogen-bond acceptors (Lipinski definition) is 7. The Bertz CT molecular complexity index is 1540. The van der Waals surface area contributed by atoms with Gasteiger partial charge in [-0.3, -0.25) is 9.59 Å². The molecule has 41 heavy (non-hydrogen) atoms. The Hall–Kier alpha value is -4.79. The fourth-order valence-electron chi connectivity index (χ4n) is 4.43. The maximum atomic E-state index is 13.8. The molecule has 0 radical (unpaired) electrons. The summed E-state index contributed by atoms with van der Waals surface area (Å²) in [5.74, 6) is 1.33. The van der Waals surface area contributed by atoms with Crippen LogP contribution in [0.25, 0.3) is 10.8 Å². The lowest BCUT2D eigenvalue weighted by molar-refractivity contribution is -0.122. The number of rotatable bonds is 11. The number of aromatic nitrogens is 1. The molecule has 1 atom stereocenters. The summed E-state index contributed by atoms with van der Waals surface area (Å²) in [4.78, 5) is 31.3. The average molecular weight is 556 g/mol. The maximum absolute atomic E-state index is 13.8. The summed E-state index contributed by atoms with van der Waals surface area (Å²) in [6.07, 6.45) is 1.63. The number of nitrogens with one attached hydrogen (secondary N) is 2. The molecule has 214 valence electrons. The van der Waals surface area contributed by atoms with Gasteiger partial charge in [-0.25, -0.2) is 4.98 Å². The first-order valence-electron chi connectivity index (χ1n) is 13.6. The van der Waals surface area contributed by atoms with Crippen LogP contribution >= 0.6 is 0 Å². The zero-order valence-electron chi connectivity index (χ0n) is 24.1. The summed E-state index contributed by atoms with van der Waals surface area (Å²) >= 11 is 0. The number of hydrogen-bond donors (Lipinski definition) is 3. The van der Waals surface area contributed by atoms with E-state index in [0.29, 0.717) is 29.5 Å². The molecule has 0 fully saturated rings. The molecule has 0 aliphatic carbocycles. The second-order valence-corrected chi connectivity index (χ2v) is 9.98. The summed E-state index contributed by atoms with van der Waals surface area (Å²) in [6, 6.07) is 19.9. The first-order chi connectivity index (χ1) is 19.7. The molecule has 1 heterocycles. The predicted molar refractivity (Wildman–Crippen MR) is 163 cm³/mol. The Morgan fingerprint density at radius 3 is 2.56 bits per heavy atom. The largest absolute Gasteiger partial charge is 0.490 e. The van der Waals surface area contributed by atoms with Gasteiger partial charge in [0.2, 0.25) is 11.8 Å². The highest BCUT2D eigenvalue weighted by molar-refractivity contribution is 5.94. The zero-order chi connectivity index (χ0) is 29.5. The van der Waals surface area contributed by atoms with E-state index < -0.39 is 6.04 Å². The number of carbonyl (C=O) groups is 2. The molecular formula is C32H37N5O4. The number of fused-ring (bicyclic) bond motifs is 1. The molecule has 9 heteroatoms. The Kier molecular flexibility index (Phi) is 9.29. The van der Waals surface area contributed by atoms with E-state index >= 15 is 0 Å². The highest BCUT2D eigenvalue weighted by Crippen LogP contribution is 2.33. The summed E-state index contributed by atoms with van der Waals surface area (Å²) in [7, 11) is 1.72. The standard InChI is InChI=1S/C32H37N5O4/c1-6-40-29-18-24(10-13-28(29)41-20(2)3)30(36-25-11-12-27-23(17-25)14-15-34-31(27)33)32(39)35-19-22-8-7-9-26(16-22)37(5)21(4)38/h7-18,20,30,36H,6,19H2,1-5H3,(H2,33,34)(H,35,39)/t30-/m1/s1. The Morgan fingerprint density at radius 1 is 1.02 bits per heavy atom. The van der Waals surface area contributed by atoms with E-state index in [2.05, 4.69) is 15.6 Å². The van der Waals surface area contributed by atoms with Gasteiger partial charge >= 0.3 is 0 Å². The van der Waals surface area contributed by atoms with Crippen molar-refractivity contribution in [3.05, 3.63) is 84.1 Å². The van der Waals surface area contributed by atoms with Crippen LogP contribution in [-0.2, 0) is 16.1 Å². The van der Waals surface area contributed by atoms with Gasteiger partial charge in [0, 0.05) is 43.5 Å². The minimum absolute atomic E-state index is 0.0328. The molecule has 0 bridgehead atoms.